The van der Waals surface area contributed by atoms with Crippen LogP contribution in [0.3, 0.4) is 0 Å². The molecule has 1 heterocycles. The lowest BCUT2D eigenvalue weighted by molar-refractivity contribution is 0.100. The molecule has 0 spiro atoms. The molecule has 5 nitrogen and oxygen atoms in total. The average Bonchev–Trinajstić information content (AvgIpc) is 2.45. The first kappa shape index (κ1) is 13.8. The molecule has 0 radical (unpaired) electrons. The van der Waals surface area contributed by atoms with Gasteiger partial charge in [-0.2, -0.15) is 0 Å². The molecule has 0 aromatic heterocycles. The van der Waals surface area contributed by atoms with E-state index in [0.29, 0.717) is 18.2 Å². The summed E-state index contributed by atoms with van der Waals surface area (Å²) in [7, 11) is 0. The van der Waals surface area contributed by atoms with E-state index in [1.807, 2.05) is 18.2 Å². The first-order chi connectivity index (χ1) is 9.22. The number of rotatable bonds is 5. The van der Waals surface area contributed by atoms with Gasteiger partial charge in [-0.15, -0.1) is 0 Å². The maximum absolute atomic E-state index is 11.4. The molecule has 0 aliphatic carbocycles. The van der Waals surface area contributed by atoms with E-state index in [2.05, 4.69) is 10.2 Å². The largest absolute Gasteiger partial charge is 0.371 e. The number of hydrogen-bond acceptors (Lipinski definition) is 4. The van der Waals surface area contributed by atoms with Crippen LogP contribution in [0.5, 0.6) is 0 Å². The highest BCUT2D eigenvalue weighted by Crippen LogP contribution is 2.23. The van der Waals surface area contributed by atoms with Gasteiger partial charge in [0.05, 0.1) is 5.56 Å². The second-order valence-electron chi connectivity index (χ2n) is 4.89. The fourth-order valence-electron chi connectivity index (χ4n) is 2.57. The Morgan fingerprint density at radius 2 is 2.00 bits per heavy atom. The van der Waals surface area contributed by atoms with Crippen molar-refractivity contribution in [1.29, 1.82) is 0 Å². The summed E-state index contributed by atoms with van der Waals surface area (Å²) in [6.45, 7) is 3.41. The molecule has 5 N–H and O–H groups in total. The van der Waals surface area contributed by atoms with E-state index in [9.17, 15) is 4.79 Å². The van der Waals surface area contributed by atoms with Gasteiger partial charge in [0.15, 0.2) is 0 Å². The summed E-state index contributed by atoms with van der Waals surface area (Å²) in [5.74, 6) is -0.362. The normalized spacial score (nSPS) is 16.6. The number of piperidine rings is 1. The van der Waals surface area contributed by atoms with E-state index < -0.39 is 0 Å². The third-order valence-electron chi connectivity index (χ3n) is 3.58. The smallest absolute Gasteiger partial charge is 0.250 e. The van der Waals surface area contributed by atoms with Crippen molar-refractivity contribution in [2.75, 3.05) is 31.1 Å². The topological polar surface area (TPSA) is 84.4 Å². The highest BCUT2D eigenvalue weighted by molar-refractivity contribution is 5.98. The van der Waals surface area contributed by atoms with Crippen LogP contribution in [0, 0.1) is 0 Å². The molecule has 2 rings (SSSR count). The maximum Gasteiger partial charge on any atom is 0.250 e. The fourth-order valence-corrected chi connectivity index (χ4v) is 2.57. The minimum Gasteiger partial charge on any atom is -0.371 e. The summed E-state index contributed by atoms with van der Waals surface area (Å²) >= 11 is 0. The number of anilines is 1. The van der Waals surface area contributed by atoms with Crippen molar-refractivity contribution in [2.45, 2.75) is 18.9 Å². The minimum atomic E-state index is -0.362. The lowest BCUT2D eigenvalue weighted by atomic mass is 10.0. The van der Waals surface area contributed by atoms with E-state index in [-0.39, 0.29) is 5.91 Å². The van der Waals surface area contributed by atoms with Crippen molar-refractivity contribution in [3.8, 4) is 0 Å². The number of nitrogens with zero attached hydrogens (tertiary/aromatic N) is 1. The number of carbonyl (C=O) groups is 1. The van der Waals surface area contributed by atoms with E-state index >= 15 is 0 Å². The molecule has 1 aliphatic rings. The predicted molar refractivity (Wildman–Crippen MR) is 77.3 cm³/mol. The number of benzene rings is 1. The molecule has 1 saturated heterocycles. The molecule has 0 atom stereocenters. The van der Waals surface area contributed by atoms with E-state index in [1.165, 1.54) is 0 Å². The zero-order valence-electron chi connectivity index (χ0n) is 11.1. The Balaban J connectivity index is 2.00. The van der Waals surface area contributed by atoms with Gasteiger partial charge in [-0.1, -0.05) is 12.1 Å². The zero-order valence-corrected chi connectivity index (χ0v) is 11.1. The lowest BCUT2D eigenvalue weighted by Crippen LogP contribution is -2.44. The van der Waals surface area contributed by atoms with Crippen molar-refractivity contribution in [3.63, 3.8) is 0 Å². The molecule has 0 unspecified atom stereocenters. The summed E-state index contributed by atoms with van der Waals surface area (Å²) in [6.07, 6.45) is 2.13. The highest BCUT2D eigenvalue weighted by Gasteiger charge is 2.21. The maximum atomic E-state index is 11.4. The van der Waals surface area contributed by atoms with Gasteiger partial charge < -0.3 is 21.7 Å². The Bertz CT molecular complexity index is 427. The Morgan fingerprint density at radius 3 is 2.63 bits per heavy atom. The van der Waals surface area contributed by atoms with Gasteiger partial charge in [-0.05, 0) is 25.0 Å². The first-order valence-corrected chi connectivity index (χ1v) is 6.79. The molecule has 1 aromatic rings. The Kier molecular flexibility index (Phi) is 4.76. The number of carbonyl (C=O) groups excluding carboxylic acids is 1. The van der Waals surface area contributed by atoms with Crippen molar-refractivity contribution in [3.05, 3.63) is 29.8 Å². The first-order valence-electron chi connectivity index (χ1n) is 6.79. The van der Waals surface area contributed by atoms with E-state index in [1.54, 1.807) is 6.07 Å². The fraction of sp³-hybridized carbons (Fsp3) is 0.500. The molecule has 104 valence electrons. The van der Waals surface area contributed by atoms with Crippen LogP contribution in [0.1, 0.15) is 23.2 Å². The molecule has 0 bridgehead atoms. The summed E-state index contributed by atoms with van der Waals surface area (Å²) in [5, 5.41) is 3.44. The third-order valence-corrected chi connectivity index (χ3v) is 3.58. The average molecular weight is 262 g/mol. The number of para-hydroxylation sites is 1. The van der Waals surface area contributed by atoms with Crippen LogP contribution >= 0.6 is 0 Å². The number of nitrogens with one attached hydrogen (secondary N) is 1. The van der Waals surface area contributed by atoms with Crippen molar-refractivity contribution < 1.29 is 4.79 Å². The molecule has 1 amide bonds. The van der Waals surface area contributed by atoms with Gasteiger partial charge in [0, 0.05) is 37.9 Å². The molecular weight excluding hydrogens is 240 g/mol. The number of hydrogen-bond donors (Lipinski definition) is 3. The molecule has 1 aromatic carbocycles. The monoisotopic (exact) mass is 262 g/mol. The van der Waals surface area contributed by atoms with Crippen LogP contribution in [-0.2, 0) is 0 Å². The van der Waals surface area contributed by atoms with Crippen molar-refractivity contribution in [2.24, 2.45) is 11.5 Å². The van der Waals surface area contributed by atoms with Crippen LogP contribution < -0.4 is 21.7 Å². The van der Waals surface area contributed by atoms with Gasteiger partial charge in [-0.25, -0.2) is 0 Å². The van der Waals surface area contributed by atoms with Gasteiger partial charge in [-0.3, -0.25) is 4.79 Å². The minimum absolute atomic E-state index is 0.362. The lowest BCUT2D eigenvalue weighted by Gasteiger charge is -2.34. The molecule has 0 saturated carbocycles. The number of primary amides is 1. The standard InChI is InChI=1S/C14H22N4O/c15-7-8-17-11-5-9-18(10-6-11)13-4-2-1-3-12(13)14(16)19/h1-4,11,17H,5-10,15H2,(H2,16,19). The number of nitrogens with two attached hydrogens (primary N) is 2. The van der Waals surface area contributed by atoms with Crippen LogP contribution in [0.4, 0.5) is 5.69 Å². The molecule has 1 fully saturated rings. The van der Waals surface area contributed by atoms with Crippen LogP contribution in [0.25, 0.3) is 0 Å². The second-order valence-corrected chi connectivity index (χ2v) is 4.89. The van der Waals surface area contributed by atoms with Crippen LogP contribution in [-0.4, -0.2) is 38.1 Å². The third kappa shape index (κ3) is 3.45. The summed E-state index contributed by atoms with van der Waals surface area (Å²) in [6, 6.07) is 8.07. The molecule has 1 aliphatic heterocycles. The molecule has 19 heavy (non-hydrogen) atoms. The Hall–Kier alpha value is -1.59. The summed E-state index contributed by atoms with van der Waals surface area (Å²) in [4.78, 5) is 13.7. The SMILES string of the molecule is NCCNC1CCN(c2ccccc2C(N)=O)CC1. The predicted octanol–water partition coefficient (Wildman–Crippen LogP) is 0.303. The number of amides is 1. The van der Waals surface area contributed by atoms with E-state index in [4.69, 9.17) is 11.5 Å². The quantitative estimate of drug-likeness (QED) is 0.712. The summed E-state index contributed by atoms with van der Waals surface area (Å²) in [5.41, 5.74) is 12.5. The highest BCUT2D eigenvalue weighted by atomic mass is 16.1. The van der Waals surface area contributed by atoms with E-state index in [0.717, 1.165) is 38.2 Å². The van der Waals surface area contributed by atoms with Crippen LogP contribution in [0.2, 0.25) is 0 Å². The second kappa shape index (κ2) is 6.54. The van der Waals surface area contributed by atoms with Gasteiger partial charge >= 0.3 is 0 Å². The Morgan fingerprint density at radius 1 is 1.32 bits per heavy atom. The van der Waals surface area contributed by atoms with Gasteiger partial charge in [0.1, 0.15) is 0 Å². The Labute approximate surface area is 113 Å². The van der Waals surface area contributed by atoms with Gasteiger partial charge in [0.25, 0.3) is 5.91 Å². The van der Waals surface area contributed by atoms with Crippen molar-refractivity contribution in [1.82, 2.24) is 5.32 Å². The van der Waals surface area contributed by atoms with Crippen molar-refractivity contribution >= 4 is 11.6 Å². The zero-order chi connectivity index (χ0) is 13.7. The van der Waals surface area contributed by atoms with Crippen LogP contribution in [0.15, 0.2) is 24.3 Å². The molecular formula is C14H22N4O. The summed E-state index contributed by atoms with van der Waals surface area (Å²) < 4.78 is 0. The molecule has 5 heteroatoms. The van der Waals surface area contributed by atoms with Gasteiger partial charge in [0.2, 0.25) is 0 Å².